The first-order chi connectivity index (χ1) is 12.4. The molecule has 1 amide bonds. The molecule has 1 fully saturated rings. The summed E-state index contributed by atoms with van der Waals surface area (Å²) in [6.07, 6.45) is 2.64. The predicted octanol–water partition coefficient (Wildman–Crippen LogP) is 4.02. The summed E-state index contributed by atoms with van der Waals surface area (Å²) >= 11 is 3.20. The molecular weight excluding hydrogens is 423 g/mol. The molecule has 1 N–H and O–H groups in total. The molecule has 0 radical (unpaired) electrons. The van der Waals surface area contributed by atoms with Crippen LogP contribution in [0.25, 0.3) is 0 Å². The third-order valence-corrected chi connectivity index (χ3v) is 6.69. The van der Waals surface area contributed by atoms with Crippen molar-refractivity contribution in [1.29, 1.82) is 0 Å². The molecule has 138 valence electrons. The number of halogens is 2. The lowest BCUT2D eigenvalue weighted by molar-refractivity contribution is 0.102. The molecule has 0 bridgehead atoms. The first-order valence-corrected chi connectivity index (χ1v) is 10.5. The molecule has 0 aliphatic carbocycles. The molecule has 2 aromatic rings. The number of carbonyl (C=O) groups excluding carboxylic acids is 1. The third-order valence-electron chi connectivity index (χ3n) is 4.24. The zero-order valence-electron chi connectivity index (χ0n) is 13.9. The van der Waals surface area contributed by atoms with E-state index in [1.807, 2.05) is 0 Å². The Morgan fingerprint density at radius 3 is 2.50 bits per heavy atom. The molecule has 5 nitrogen and oxygen atoms in total. The molecule has 1 heterocycles. The number of carbonyl (C=O) groups is 1. The van der Waals surface area contributed by atoms with Crippen LogP contribution in [0.3, 0.4) is 0 Å². The fourth-order valence-corrected chi connectivity index (χ4v) is 4.93. The molecule has 3 rings (SSSR count). The van der Waals surface area contributed by atoms with Crippen LogP contribution in [0.5, 0.6) is 0 Å². The Hall–Kier alpha value is -1.77. The van der Waals surface area contributed by atoms with Crippen molar-refractivity contribution in [2.75, 3.05) is 18.4 Å². The van der Waals surface area contributed by atoms with E-state index in [4.69, 9.17) is 0 Å². The SMILES string of the molecule is O=C(Nc1ccccc1S(=O)(=O)N1CCCCC1)c1cc(Br)ccc1F. The molecule has 1 saturated heterocycles. The molecule has 0 atom stereocenters. The summed E-state index contributed by atoms with van der Waals surface area (Å²) in [5, 5.41) is 2.53. The maximum absolute atomic E-state index is 13.9. The lowest BCUT2D eigenvalue weighted by Gasteiger charge is -2.26. The molecule has 0 saturated carbocycles. The number of piperidine rings is 1. The summed E-state index contributed by atoms with van der Waals surface area (Å²) in [6, 6.07) is 10.2. The average molecular weight is 441 g/mol. The summed E-state index contributed by atoms with van der Waals surface area (Å²) in [6.45, 7) is 0.926. The number of hydrogen-bond donors (Lipinski definition) is 1. The molecule has 0 unspecified atom stereocenters. The van der Waals surface area contributed by atoms with Gasteiger partial charge in [-0.05, 0) is 43.2 Å². The van der Waals surface area contributed by atoms with Crippen LogP contribution >= 0.6 is 15.9 Å². The number of hydrogen-bond acceptors (Lipinski definition) is 3. The first-order valence-electron chi connectivity index (χ1n) is 8.25. The summed E-state index contributed by atoms with van der Waals surface area (Å²) in [5.74, 6) is -1.38. The van der Waals surface area contributed by atoms with Gasteiger partial charge in [0.2, 0.25) is 10.0 Å². The maximum atomic E-state index is 13.9. The Morgan fingerprint density at radius 2 is 1.77 bits per heavy atom. The zero-order chi connectivity index (χ0) is 18.7. The van der Waals surface area contributed by atoms with E-state index in [0.29, 0.717) is 17.6 Å². The Kier molecular flexibility index (Phi) is 5.74. The van der Waals surface area contributed by atoms with Crippen molar-refractivity contribution < 1.29 is 17.6 Å². The average Bonchev–Trinajstić information content (AvgIpc) is 2.64. The van der Waals surface area contributed by atoms with Gasteiger partial charge >= 0.3 is 0 Å². The number of sulfonamides is 1. The van der Waals surface area contributed by atoms with E-state index >= 15 is 0 Å². The third kappa shape index (κ3) is 3.97. The molecular formula is C18H18BrFN2O3S. The quantitative estimate of drug-likeness (QED) is 0.780. The minimum Gasteiger partial charge on any atom is -0.321 e. The van der Waals surface area contributed by atoms with E-state index in [1.165, 1.54) is 34.6 Å². The van der Waals surface area contributed by atoms with Gasteiger partial charge in [-0.2, -0.15) is 4.31 Å². The molecule has 2 aromatic carbocycles. The van der Waals surface area contributed by atoms with Crippen molar-refractivity contribution in [2.45, 2.75) is 24.2 Å². The number of rotatable bonds is 4. The Labute approximate surface area is 160 Å². The topological polar surface area (TPSA) is 66.5 Å². The van der Waals surface area contributed by atoms with Gasteiger partial charge in [-0.1, -0.05) is 34.5 Å². The molecule has 1 aliphatic heterocycles. The fraction of sp³-hybridized carbons (Fsp3) is 0.278. The predicted molar refractivity (Wildman–Crippen MR) is 101 cm³/mol. The highest BCUT2D eigenvalue weighted by Gasteiger charge is 2.28. The zero-order valence-corrected chi connectivity index (χ0v) is 16.3. The van der Waals surface area contributed by atoms with Crippen molar-refractivity contribution >= 4 is 37.5 Å². The van der Waals surface area contributed by atoms with E-state index in [9.17, 15) is 17.6 Å². The van der Waals surface area contributed by atoms with Crippen LogP contribution < -0.4 is 5.32 Å². The standard InChI is InChI=1S/C18H18BrFN2O3S/c19-13-8-9-15(20)14(12-13)18(23)21-16-6-2-3-7-17(16)26(24,25)22-10-4-1-5-11-22/h2-3,6-9,12H,1,4-5,10-11H2,(H,21,23). The second-order valence-electron chi connectivity index (χ2n) is 6.04. The number of benzene rings is 2. The highest BCUT2D eigenvalue weighted by atomic mass is 79.9. The number of para-hydroxylation sites is 1. The summed E-state index contributed by atoms with van der Waals surface area (Å²) in [5.41, 5.74) is -0.0213. The van der Waals surface area contributed by atoms with Crippen LogP contribution in [0.4, 0.5) is 10.1 Å². The van der Waals surface area contributed by atoms with E-state index in [-0.39, 0.29) is 16.1 Å². The molecule has 1 aliphatic rings. The summed E-state index contributed by atoms with van der Waals surface area (Å²) < 4.78 is 41.8. The number of amides is 1. The van der Waals surface area contributed by atoms with Crippen LogP contribution in [0.2, 0.25) is 0 Å². The largest absolute Gasteiger partial charge is 0.321 e. The molecule has 0 spiro atoms. The lowest BCUT2D eigenvalue weighted by atomic mass is 10.2. The van der Waals surface area contributed by atoms with Gasteiger partial charge in [0, 0.05) is 17.6 Å². The number of anilines is 1. The second kappa shape index (κ2) is 7.85. The van der Waals surface area contributed by atoms with Gasteiger partial charge < -0.3 is 5.32 Å². The minimum absolute atomic E-state index is 0.0191. The maximum Gasteiger partial charge on any atom is 0.258 e. The smallest absolute Gasteiger partial charge is 0.258 e. The van der Waals surface area contributed by atoms with Crippen LogP contribution in [-0.4, -0.2) is 31.7 Å². The first kappa shape index (κ1) is 19.0. The summed E-state index contributed by atoms with van der Waals surface area (Å²) in [7, 11) is -3.72. The minimum atomic E-state index is -3.72. The van der Waals surface area contributed by atoms with Crippen LogP contribution in [-0.2, 0) is 10.0 Å². The molecule has 8 heteroatoms. The van der Waals surface area contributed by atoms with Gasteiger partial charge in [0.25, 0.3) is 5.91 Å². The Balaban J connectivity index is 1.92. The van der Waals surface area contributed by atoms with Gasteiger partial charge in [-0.15, -0.1) is 0 Å². The van der Waals surface area contributed by atoms with Crippen molar-refractivity contribution in [3.05, 3.63) is 58.3 Å². The van der Waals surface area contributed by atoms with Crippen molar-refractivity contribution in [2.24, 2.45) is 0 Å². The number of nitrogens with zero attached hydrogens (tertiary/aromatic N) is 1. The normalized spacial score (nSPS) is 15.6. The highest BCUT2D eigenvalue weighted by Crippen LogP contribution is 2.27. The van der Waals surface area contributed by atoms with Gasteiger partial charge in [0.15, 0.2) is 0 Å². The van der Waals surface area contributed by atoms with E-state index in [1.54, 1.807) is 12.1 Å². The monoisotopic (exact) mass is 440 g/mol. The summed E-state index contributed by atoms with van der Waals surface area (Å²) in [4.78, 5) is 12.5. The van der Waals surface area contributed by atoms with Gasteiger partial charge in [0.05, 0.1) is 11.3 Å². The lowest BCUT2D eigenvalue weighted by Crippen LogP contribution is -2.36. The van der Waals surface area contributed by atoms with Crippen LogP contribution in [0.1, 0.15) is 29.6 Å². The van der Waals surface area contributed by atoms with Crippen LogP contribution in [0.15, 0.2) is 51.8 Å². The Bertz CT molecular complexity index is 928. The van der Waals surface area contributed by atoms with Gasteiger partial charge in [-0.3, -0.25) is 4.79 Å². The van der Waals surface area contributed by atoms with Crippen LogP contribution in [0, 0.1) is 5.82 Å². The molecule has 0 aromatic heterocycles. The Morgan fingerprint density at radius 1 is 1.08 bits per heavy atom. The van der Waals surface area contributed by atoms with E-state index < -0.39 is 21.7 Å². The highest BCUT2D eigenvalue weighted by molar-refractivity contribution is 9.10. The van der Waals surface area contributed by atoms with Crippen molar-refractivity contribution in [1.82, 2.24) is 4.31 Å². The van der Waals surface area contributed by atoms with E-state index in [0.717, 1.165) is 19.3 Å². The second-order valence-corrected chi connectivity index (χ2v) is 8.86. The van der Waals surface area contributed by atoms with Gasteiger partial charge in [0.1, 0.15) is 10.7 Å². The number of nitrogens with one attached hydrogen (secondary N) is 1. The molecule has 26 heavy (non-hydrogen) atoms. The van der Waals surface area contributed by atoms with Gasteiger partial charge in [-0.25, -0.2) is 12.8 Å². The fourth-order valence-electron chi connectivity index (χ4n) is 2.90. The van der Waals surface area contributed by atoms with Crippen molar-refractivity contribution in [3.8, 4) is 0 Å². The van der Waals surface area contributed by atoms with Crippen molar-refractivity contribution in [3.63, 3.8) is 0 Å². The van der Waals surface area contributed by atoms with E-state index in [2.05, 4.69) is 21.2 Å².